The molecule has 0 fully saturated rings. The summed E-state index contributed by atoms with van der Waals surface area (Å²) in [7, 11) is 0. The normalized spacial score (nSPS) is 13.4. The Hall–Kier alpha value is -6.12. The fraction of sp³-hybridized carbons (Fsp3) is 0.0750. The van der Waals surface area contributed by atoms with E-state index in [2.05, 4.69) is 36.8 Å². The van der Waals surface area contributed by atoms with Crippen molar-refractivity contribution in [3.63, 3.8) is 0 Å². The highest BCUT2D eigenvalue weighted by Gasteiger charge is 2.33. The number of hydrogen-bond donors (Lipinski definition) is 5. The van der Waals surface area contributed by atoms with Crippen molar-refractivity contribution in [2.24, 2.45) is 15.2 Å². The maximum Gasteiger partial charge on any atom is 0.259 e. The van der Waals surface area contributed by atoms with E-state index in [1.807, 2.05) is 19.1 Å². The number of azo groups is 1. The average molecular weight is 762 g/mol. The van der Waals surface area contributed by atoms with E-state index >= 15 is 0 Å². The molecule has 0 unspecified atom stereocenters. The van der Waals surface area contributed by atoms with Gasteiger partial charge >= 0.3 is 0 Å². The van der Waals surface area contributed by atoms with Gasteiger partial charge in [0.2, 0.25) is 0 Å². The molecular weight excluding hydrogens is 735 g/mol. The molecule has 53 heavy (non-hydrogen) atoms. The van der Waals surface area contributed by atoms with Crippen LogP contribution in [0.2, 0.25) is 15.1 Å². The van der Waals surface area contributed by atoms with Crippen LogP contribution in [0.1, 0.15) is 48.7 Å². The number of halogens is 3. The molecule has 10 nitrogen and oxygen atoms in total. The van der Waals surface area contributed by atoms with Crippen LogP contribution in [0.25, 0.3) is 27.8 Å². The molecule has 2 heterocycles. The summed E-state index contributed by atoms with van der Waals surface area (Å²) in [6, 6.07) is 16.5. The van der Waals surface area contributed by atoms with E-state index in [0.29, 0.717) is 50.0 Å². The van der Waals surface area contributed by atoms with Crippen LogP contribution >= 0.6 is 34.8 Å². The molecule has 262 valence electrons. The first-order valence-electron chi connectivity index (χ1n) is 16.0. The highest BCUT2D eigenvalue weighted by Crippen LogP contribution is 2.44. The Morgan fingerprint density at radius 3 is 2.34 bits per heavy atom. The number of aromatic amines is 1. The van der Waals surface area contributed by atoms with Crippen molar-refractivity contribution in [1.29, 1.82) is 0 Å². The van der Waals surface area contributed by atoms with E-state index < -0.39 is 17.6 Å². The van der Waals surface area contributed by atoms with Gasteiger partial charge in [0, 0.05) is 22.2 Å². The van der Waals surface area contributed by atoms with Crippen LogP contribution < -0.4 is 10.6 Å². The third kappa shape index (κ3) is 6.25. The Bertz CT molecular complexity index is 2710. The summed E-state index contributed by atoms with van der Waals surface area (Å²) in [6.45, 7) is 5.37. The second-order valence-electron chi connectivity index (χ2n) is 12.3. The summed E-state index contributed by atoms with van der Waals surface area (Å²) in [5.41, 5.74) is 5.37. The monoisotopic (exact) mass is 760 g/mol. The molecule has 0 aliphatic carbocycles. The second kappa shape index (κ2) is 13.8. The van der Waals surface area contributed by atoms with E-state index in [4.69, 9.17) is 41.2 Å². The fourth-order valence-corrected chi connectivity index (χ4v) is 7.02. The molecular formula is C40H27Cl3N6O4. The van der Waals surface area contributed by atoms with Crippen LogP contribution in [-0.2, 0) is 0 Å². The third-order valence-corrected chi connectivity index (χ3v) is 10.4. The van der Waals surface area contributed by atoms with Gasteiger partial charge in [0.05, 0.1) is 48.6 Å². The van der Waals surface area contributed by atoms with Crippen LogP contribution in [0.3, 0.4) is 0 Å². The van der Waals surface area contributed by atoms with Gasteiger partial charge in [-0.2, -0.15) is 5.11 Å². The number of aryl methyl sites for hydroxylation is 2. The summed E-state index contributed by atoms with van der Waals surface area (Å²) in [5, 5.41) is 38.6. The first kappa shape index (κ1) is 35.3. The molecule has 6 aromatic rings. The number of H-pyrrole nitrogens is 1. The number of carbonyl (C=O) groups excluding carboxylic acids is 2. The smallest absolute Gasteiger partial charge is 0.259 e. The van der Waals surface area contributed by atoms with E-state index in [1.165, 1.54) is 12.1 Å². The molecule has 0 spiro atoms. The summed E-state index contributed by atoms with van der Waals surface area (Å²) < 4.78 is 0. The highest BCUT2D eigenvalue weighted by atomic mass is 35.5. The van der Waals surface area contributed by atoms with Gasteiger partial charge in [-0.1, -0.05) is 52.9 Å². The standard InChI is InChI=1S/C40H27Cl3N6O4/c1-5-6-7-28-19(3)25-14-8-21-17-26(39(52)46-27-15-13-24(50)16-18(27)2)37(51)36(29(21)35(25)45-28)49-48-23-11-9-22(10-12-23)44-38-30-31(40(53)47-38)32(41)20(4)33(42)34(30)43/h1,6-17,45,50-51H,2-4H3,(H,46,52)(H,44,47,53)/b7-6-,49-48?. The quantitative estimate of drug-likeness (QED) is 0.0496. The lowest BCUT2D eigenvalue weighted by Gasteiger charge is -2.13. The lowest BCUT2D eigenvalue weighted by atomic mass is 9.99. The fourth-order valence-electron chi connectivity index (χ4n) is 6.19. The van der Waals surface area contributed by atoms with Crippen molar-refractivity contribution >= 4 is 103 Å². The predicted molar refractivity (Wildman–Crippen MR) is 211 cm³/mol. The van der Waals surface area contributed by atoms with Gasteiger partial charge in [-0.15, -0.1) is 11.5 Å². The zero-order chi connectivity index (χ0) is 37.7. The SMILES string of the molecule is C#C/C=C\c1[nH]c2c(ccc3cc(C(=O)Nc4ccc(O)cc4C)c(O)c(N=Nc4ccc(N=C5NC(=O)c6c(Cl)c(C)c(Cl)c(Cl)c65)cc4)c32)c1C. The van der Waals surface area contributed by atoms with E-state index in [0.717, 1.165) is 16.6 Å². The number of amides is 2. The minimum Gasteiger partial charge on any atom is -0.508 e. The van der Waals surface area contributed by atoms with Crippen LogP contribution in [0.4, 0.5) is 22.7 Å². The number of benzene rings is 5. The number of anilines is 1. The molecule has 1 aliphatic rings. The van der Waals surface area contributed by atoms with Gasteiger partial charge in [0.1, 0.15) is 17.3 Å². The molecule has 5 N–H and O–H groups in total. The van der Waals surface area contributed by atoms with Crippen molar-refractivity contribution in [3.05, 3.63) is 121 Å². The van der Waals surface area contributed by atoms with Crippen LogP contribution in [-0.4, -0.2) is 32.8 Å². The number of aliphatic imine (C=N–C) groups is 1. The lowest BCUT2D eigenvalue weighted by Crippen LogP contribution is -2.21. The van der Waals surface area contributed by atoms with Gasteiger partial charge in [0.25, 0.3) is 11.8 Å². The molecule has 5 aromatic carbocycles. The number of rotatable bonds is 6. The van der Waals surface area contributed by atoms with E-state index in [1.54, 1.807) is 62.4 Å². The molecule has 1 aliphatic heterocycles. The number of hydrogen-bond acceptors (Lipinski definition) is 7. The topological polar surface area (TPSA) is 152 Å². The summed E-state index contributed by atoms with van der Waals surface area (Å²) in [5.74, 6) is 1.33. The van der Waals surface area contributed by atoms with Gasteiger partial charge < -0.3 is 25.8 Å². The second-order valence-corrected chi connectivity index (χ2v) is 13.4. The Balaban J connectivity index is 1.30. The number of aromatic hydroxyl groups is 2. The maximum absolute atomic E-state index is 13.6. The molecule has 0 saturated carbocycles. The minimum absolute atomic E-state index is 0.0341. The number of carbonyl (C=O) groups is 2. The van der Waals surface area contributed by atoms with E-state index in [-0.39, 0.29) is 43.5 Å². The molecule has 0 saturated heterocycles. The largest absolute Gasteiger partial charge is 0.508 e. The first-order valence-corrected chi connectivity index (χ1v) is 17.1. The van der Waals surface area contributed by atoms with Crippen molar-refractivity contribution in [2.45, 2.75) is 20.8 Å². The van der Waals surface area contributed by atoms with Crippen molar-refractivity contribution in [1.82, 2.24) is 10.3 Å². The van der Waals surface area contributed by atoms with Gasteiger partial charge in [0.15, 0.2) is 5.75 Å². The number of nitrogens with one attached hydrogen (secondary N) is 3. The molecule has 0 atom stereocenters. The molecule has 1 aromatic heterocycles. The van der Waals surface area contributed by atoms with Gasteiger partial charge in [-0.05, 0) is 104 Å². The number of terminal acetylenes is 1. The zero-order valence-corrected chi connectivity index (χ0v) is 30.5. The van der Waals surface area contributed by atoms with Gasteiger partial charge in [-0.25, -0.2) is 4.99 Å². The minimum atomic E-state index is -0.586. The van der Waals surface area contributed by atoms with Crippen LogP contribution in [0, 0.1) is 33.1 Å². The highest BCUT2D eigenvalue weighted by molar-refractivity contribution is 6.49. The Labute approximate surface area is 317 Å². The maximum atomic E-state index is 13.6. The Morgan fingerprint density at radius 1 is 0.887 bits per heavy atom. The number of allylic oxidation sites excluding steroid dienone is 1. The Morgan fingerprint density at radius 2 is 1.62 bits per heavy atom. The summed E-state index contributed by atoms with van der Waals surface area (Å²) >= 11 is 19.3. The number of fused-ring (bicyclic) bond motifs is 4. The molecule has 0 bridgehead atoms. The van der Waals surface area contributed by atoms with E-state index in [9.17, 15) is 19.8 Å². The van der Waals surface area contributed by atoms with Crippen molar-refractivity contribution in [2.75, 3.05) is 5.32 Å². The molecule has 13 heteroatoms. The predicted octanol–water partition coefficient (Wildman–Crippen LogP) is 10.8. The number of phenolic OH excluding ortho intramolecular Hbond substituents is 2. The summed E-state index contributed by atoms with van der Waals surface area (Å²) in [6.07, 6.45) is 8.83. The average Bonchev–Trinajstić information content (AvgIpc) is 3.64. The number of nitrogens with zero attached hydrogens (tertiary/aromatic N) is 3. The molecule has 2 amide bonds. The Kier molecular flexibility index (Phi) is 9.18. The zero-order valence-electron chi connectivity index (χ0n) is 28.2. The third-order valence-electron chi connectivity index (χ3n) is 8.96. The lowest BCUT2D eigenvalue weighted by molar-refractivity contribution is 0.0981. The van der Waals surface area contributed by atoms with Gasteiger partial charge in [-0.3, -0.25) is 9.59 Å². The first-order chi connectivity index (χ1) is 25.4. The summed E-state index contributed by atoms with van der Waals surface area (Å²) in [4.78, 5) is 34.3. The van der Waals surface area contributed by atoms with Crippen molar-refractivity contribution in [3.8, 4) is 23.8 Å². The van der Waals surface area contributed by atoms with Crippen LogP contribution in [0.5, 0.6) is 11.5 Å². The molecule has 0 radical (unpaired) electrons. The van der Waals surface area contributed by atoms with Crippen LogP contribution in [0.15, 0.2) is 82.0 Å². The number of aromatic nitrogens is 1. The van der Waals surface area contributed by atoms with Crippen molar-refractivity contribution < 1.29 is 19.8 Å². The number of amidine groups is 1. The number of phenols is 2. The molecule has 7 rings (SSSR count).